The molecule has 0 N–H and O–H groups in total. The van der Waals surface area contributed by atoms with E-state index in [0.29, 0.717) is 6.10 Å². The van der Waals surface area contributed by atoms with Crippen molar-refractivity contribution in [1.82, 2.24) is 0 Å². The van der Waals surface area contributed by atoms with E-state index in [1.807, 2.05) is 24.3 Å². The first-order valence-corrected chi connectivity index (χ1v) is 10.7. The van der Waals surface area contributed by atoms with E-state index in [4.69, 9.17) is 4.74 Å². The van der Waals surface area contributed by atoms with Gasteiger partial charge in [0.2, 0.25) is 0 Å². The van der Waals surface area contributed by atoms with Gasteiger partial charge in [0.05, 0.1) is 17.8 Å². The normalized spacial score (nSPS) is 18.7. The summed E-state index contributed by atoms with van der Waals surface area (Å²) in [6.45, 7) is 3.34. The average Bonchev–Trinajstić information content (AvgIpc) is 3.27. The van der Waals surface area contributed by atoms with E-state index in [2.05, 4.69) is 11.7 Å². The van der Waals surface area contributed by atoms with Crippen molar-refractivity contribution in [2.75, 3.05) is 0 Å². The summed E-state index contributed by atoms with van der Waals surface area (Å²) in [5, 5.41) is 0. The summed E-state index contributed by atoms with van der Waals surface area (Å²) in [6.07, 6.45) is -0.276. The molecule has 3 aromatic carbocycles. The molecule has 2 nitrogen and oxygen atoms in total. The van der Waals surface area contributed by atoms with Gasteiger partial charge in [-0.1, -0.05) is 43.3 Å². The Labute approximate surface area is 184 Å². The zero-order valence-electron chi connectivity index (χ0n) is 17.9. The fraction of sp³-hybridized carbons (Fsp3) is 0.308. The van der Waals surface area contributed by atoms with Gasteiger partial charge < -0.3 is 9.47 Å². The molecule has 0 aromatic heterocycles. The van der Waals surface area contributed by atoms with E-state index in [9.17, 15) is 17.6 Å². The van der Waals surface area contributed by atoms with E-state index in [0.717, 1.165) is 48.1 Å². The van der Waals surface area contributed by atoms with Gasteiger partial charge in [-0.05, 0) is 55.0 Å². The van der Waals surface area contributed by atoms with E-state index in [-0.39, 0.29) is 11.7 Å². The minimum absolute atomic E-state index is 0.101. The molecule has 0 amide bonds. The Morgan fingerprint density at radius 3 is 2.00 bits per heavy atom. The molecular formula is C26H24F4O2. The molecule has 1 aliphatic rings. The third kappa shape index (κ3) is 4.65. The van der Waals surface area contributed by atoms with Crippen LogP contribution < -0.4 is 4.74 Å². The molecule has 0 radical (unpaired) electrons. The maximum Gasteiger partial charge on any atom is 0.426 e. The summed E-state index contributed by atoms with van der Waals surface area (Å²) in [4.78, 5) is 0. The molecule has 1 aliphatic heterocycles. The van der Waals surface area contributed by atoms with Crippen molar-refractivity contribution in [3.63, 3.8) is 0 Å². The van der Waals surface area contributed by atoms with Gasteiger partial charge in [0.15, 0.2) is 0 Å². The lowest BCUT2D eigenvalue weighted by atomic mass is 9.99. The Bertz CT molecular complexity index is 1050. The lowest BCUT2D eigenvalue weighted by Gasteiger charge is -2.19. The van der Waals surface area contributed by atoms with Crippen molar-refractivity contribution < 1.29 is 27.0 Å². The summed E-state index contributed by atoms with van der Waals surface area (Å²) < 4.78 is 67.0. The SMILES string of the molecule is CCC1CCC(c2ccc(-c3ccc(C(F)(F)Oc4cc(F)c(C)c(F)c4)cc3)cc2)O1. The number of ether oxygens (including phenoxy) is 2. The van der Waals surface area contributed by atoms with Crippen LogP contribution in [-0.4, -0.2) is 6.10 Å². The fourth-order valence-electron chi connectivity index (χ4n) is 3.89. The number of benzene rings is 3. The van der Waals surface area contributed by atoms with Gasteiger partial charge >= 0.3 is 6.11 Å². The Kier molecular flexibility index (Phi) is 6.24. The average molecular weight is 444 g/mol. The van der Waals surface area contributed by atoms with Gasteiger partial charge in [0.1, 0.15) is 17.4 Å². The zero-order chi connectivity index (χ0) is 22.9. The summed E-state index contributed by atoms with van der Waals surface area (Å²) in [5.74, 6) is -2.46. The maximum atomic E-state index is 14.5. The highest BCUT2D eigenvalue weighted by atomic mass is 19.3. The smallest absolute Gasteiger partial charge is 0.426 e. The molecule has 2 unspecified atom stereocenters. The Balaban J connectivity index is 1.47. The van der Waals surface area contributed by atoms with Crippen molar-refractivity contribution in [2.45, 2.75) is 51.4 Å². The molecule has 2 atom stereocenters. The molecule has 0 bridgehead atoms. The van der Waals surface area contributed by atoms with Gasteiger partial charge in [0.25, 0.3) is 0 Å². The second kappa shape index (κ2) is 8.94. The molecule has 32 heavy (non-hydrogen) atoms. The minimum atomic E-state index is -3.74. The molecule has 0 spiro atoms. The number of hydrogen-bond donors (Lipinski definition) is 0. The van der Waals surface area contributed by atoms with E-state index < -0.39 is 29.1 Å². The fourth-order valence-corrected chi connectivity index (χ4v) is 3.89. The molecule has 6 heteroatoms. The molecule has 1 heterocycles. The van der Waals surface area contributed by atoms with Crippen LogP contribution in [0.2, 0.25) is 0 Å². The Morgan fingerprint density at radius 1 is 0.906 bits per heavy atom. The molecule has 4 rings (SSSR count). The van der Waals surface area contributed by atoms with Crippen LogP contribution in [-0.2, 0) is 10.8 Å². The quantitative estimate of drug-likeness (QED) is 0.363. The van der Waals surface area contributed by atoms with Gasteiger partial charge in [-0.15, -0.1) is 0 Å². The topological polar surface area (TPSA) is 18.5 Å². The highest BCUT2D eigenvalue weighted by molar-refractivity contribution is 5.64. The standard InChI is InChI=1S/C26H24F4O2/c1-3-21-12-13-25(31-21)19-6-4-17(5-7-19)18-8-10-20(11-9-18)26(29,30)32-22-14-23(27)16(2)24(28)15-22/h4-11,14-15,21,25H,3,12-13H2,1-2H3. The first-order valence-electron chi connectivity index (χ1n) is 10.7. The first kappa shape index (κ1) is 22.3. The monoisotopic (exact) mass is 444 g/mol. The van der Waals surface area contributed by atoms with Gasteiger partial charge in [-0.2, -0.15) is 8.78 Å². The van der Waals surface area contributed by atoms with Crippen LogP contribution >= 0.6 is 0 Å². The van der Waals surface area contributed by atoms with Crippen LogP contribution in [0.15, 0.2) is 60.7 Å². The number of halogens is 4. The van der Waals surface area contributed by atoms with Crippen LogP contribution in [0.25, 0.3) is 11.1 Å². The predicted octanol–water partition coefficient (Wildman–Crippen LogP) is 7.70. The van der Waals surface area contributed by atoms with Crippen molar-refractivity contribution in [2.24, 2.45) is 0 Å². The van der Waals surface area contributed by atoms with Gasteiger partial charge in [-0.25, -0.2) is 8.78 Å². The Morgan fingerprint density at radius 2 is 1.47 bits per heavy atom. The summed E-state index contributed by atoms with van der Waals surface area (Å²) in [5.41, 5.74) is 2.10. The number of alkyl halides is 2. The van der Waals surface area contributed by atoms with Gasteiger partial charge in [-0.3, -0.25) is 0 Å². The van der Waals surface area contributed by atoms with Crippen LogP contribution in [0.3, 0.4) is 0 Å². The van der Waals surface area contributed by atoms with E-state index in [1.54, 1.807) is 12.1 Å². The molecule has 0 saturated carbocycles. The zero-order valence-corrected chi connectivity index (χ0v) is 17.9. The lowest BCUT2D eigenvalue weighted by Crippen LogP contribution is -2.22. The summed E-state index contributed by atoms with van der Waals surface area (Å²) in [6, 6.07) is 15.0. The van der Waals surface area contributed by atoms with Crippen molar-refractivity contribution in [3.05, 3.63) is 89.0 Å². The van der Waals surface area contributed by atoms with Crippen molar-refractivity contribution in [3.8, 4) is 16.9 Å². The highest BCUT2D eigenvalue weighted by Crippen LogP contribution is 2.36. The third-order valence-electron chi connectivity index (χ3n) is 5.90. The molecule has 168 valence electrons. The van der Waals surface area contributed by atoms with E-state index >= 15 is 0 Å². The first-order chi connectivity index (χ1) is 15.3. The molecule has 0 aliphatic carbocycles. The Hall–Kier alpha value is -2.86. The maximum absolute atomic E-state index is 14.5. The number of hydrogen-bond acceptors (Lipinski definition) is 2. The summed E-state index contributed by atoms with van der Waals surface area (Å²) in [7, 11) is 0. The third-order valence-corrected chi connectivity index (χ3v) is 5.90. The lowest BCUT2D eigenvalue weighted by molar-refractivity contribution is -0.185. The molecule has 3 aromatic rings. The van der Waals surface area contributed by atoms with Crippen LogP contribution in [0.4, 0.5) is 17.6 Å². The van der Waals surface area contributed by atoms with Gasteiger partial charge in [0, 0.05) is 17.7 Å². The predicted molar refractivity (Wildman–Crippen MR) is 115 cm³/mol. The van der Waals surface area contributed by atoms with Crippen molar-refractivity contribution in [1.29, 1.82) is 0 Å². The van der Waals surface area contributed by atoms with Crippen LogP contribution in [0.1, 0.15) is 49.0 Å². The second-order valence-corrected chi connectivity index (χ2v) is 8.06. The highest BCUT2D eigenvalue weighted by Gasteiger charge is 2.35. The largest absolute Gasteiger partial charge is 0.429 e. The molecule has 1 saturated heterocycles. The van der Waals surface area contributed by atoms with Crippen molar-refractivity contribution >= 4 is 0 Å². The van der Waals surface area contributed by atoms with Crippen LogP contribution in [0.5, 0.6) is 5.75 Å². The molecule has 1 fully saturated rings. The second-order valence-electron chi connectivity index (χ2n) is 8.06. The van der Waals surface area contributed by atoms with Crippen LogP contribution in [0, 0.1) is 18.6 Å². The minimum Gasteiger partial charge on any atom is -0.429 e. The molecular weight excluding hydrogens is 420 g/mol. The number of rotatable bonds is 6. The summed E-state index contributed by atoms with van der Waals surface area (Å²) >= 11 is 0. The van der Waals surface area contributed by atoms with E-state index in [1.165, 1.54) is 19.1 Å².